The molecule has 4 saturated heterocycles. The number of benzene rings is 1. The van der Waals surface area contributed by atoms with E-state index in [1.165, 1.54) is 12.8 Å². The second-order valence-corrected chi connectivity index (χ2v) is 7.90. The number of aryl methyl sites for hydroxylation is 1. The van der Waals surface area contributed by atoms with E-state index < -0.39 is 0 Å². The number of likely N-dealkylation sites (tertiary alicyclic amines) is 1. The number of hydrogen-bond donors (Lipinski definition) is 1. The van der Waals surface area contributed by atoms with Crippen LogP contribution in [-0.2, 0) is 0 Å². The summed E-state index contributed by atoms with van der Waals surface area (Å²) in [5.41, 5.74) is 1.81. The molecule has 0 saturated carbocycles. The maximum absolute atomic E-state index is 13.3. The fourth-order valence-corrected chi connectivity index (χ4v) is 5.46. The second-order valence-electron chi connectivity index (χ2n) is 7.90. The van der Waals surface area contributed by atoms with Crippen molar-refractivity contribution in [2.24, 2.45) is 5.92 Å². The Balaban J connectivity index is 1.55. The van der Waals surface area contributed by atoms with Crippen molar-refractivity contribution in [3.05, 3.63) is 53.5 Å². The van der Waals surface area contributed by atoms with Crippen LogP contribution in [0.3, 0.4) is 0 Å². The van der Waals surface area contributed by atoms with Crippen LogP contribution in [-0.4, -0.2) is 52.5 Å². The Morgan fingerprint density at radius 3 is 2.69 bits per heavy atom. The zero-order valence-electron chi connectivity index (χ0n) is 15.0. The van der Waals surface area contributed by atoms with E-state index in [4.69, 9.17) is 4.42 Å². The van der Waals surface area contributed by atoms with Gasteiger partial charge >= 0.3 is 0 Å². The van der Waals surface area contributed by atoms with Crippen LogP contribution in [0.5, 0.6) is 5.75 Å². The Hall–Kier alpha value is -2.27. The smallest absolute Gasteiger partial charge is 0.257 e. The molecule has 6 rings (SSSR count). The number of carbonyl (C=O) groups is 1. The fraction of sp³-hybridized carbons (Fsp3) is 0.476. The van der Waals surface area contributed by atoms with Crippen molar-refractivity contribution in [3.8, 4) is 5.75 Å². The number of hydrogen-bond acceptors (Lipinski definition) is 4. The Morgan fingerprint density at radius 1 is 1.19 bits per heavy atom. The number of rotatable bonds is 2. The first kappa shape index (κ1) is 15.9. The van der Waals surface area contributed by atoms with Gasteiger partial charge in [0.1, 0.15) is 11.5 Å². The summed E-state index contributed by atoms with van der Waals surface area (Å²) in [6.07, 6.45) is 3.93. The Bertz CT molecular complexity index is 837. The zero-order valence-corrected chi connectivity index (χ0v) is 15.0. The molecule has 5 heterocycles. The van der Waals surface area contributed by atoms with Gasteiger partial charge in [-0.1, -0.05) is 12.1 Å². The van der Waals surface area contributed by atoms with Gasteiger partial charge in [0.2, 0.25) is 0 Å². The maximum atomic E-state index is 13.3. The molecule has 0 unspecified atom stereocenters. The predicted octanol–water partition coefficient (Wildman–Crippen LogP) is 3.00. The molecule has 2 bridgehead atoms. The lowest BCUT2D eigenvalue weighted by Crippen LogP contribution is -2.60. The van der Waals surface area contributed by atoms with Crippen LogP contribution in [0.2, 0.25) is 0 Å². The summed E-state index contributed by atoms with van der Waals surface area (Å²) in [7, 11) is 0. The zero-order chi connectivity index (χ0) is 17.8. The molecule has 1 N–H and O–H groups in total. The standard InChI is InChI=1S/C21H24N2O3/c1-13-17(7-10-26-13)21(25)23-12-18(15-3-2-4-16(24)11-15)20-19(23)14-5-8-22(20)9-6-14/h2-4,7,10-11,14,18-20,24H,5-6,8-9,12H2,1H3/t18-,19+,20+/m1/s1. The SMILES string of the molecule is Cc1occc1C(=O)N1C[C@H](c2cccc(O)c2)[C@H]2[C@@H]1C1CCN2CC1. The molecule has 1 aromatic carbocycles. The first-order valence-corrected chi connectivity index (χ1v) is 9.51. The number of fused-ring (bicyclic) bond motifs is 2. The Morgan fingerprint density at radius 2 is 2.00 bits per heavy atom. The molecular weight excluding hydrogens is 328 g/mol. The van der Waals surface area contributed by atoms with Crippen LogP contribution >= 0.6 is 0 Å². The molecule has 2 aromatic rings. The van der Waals surface area contributed by atoms with E-state index in [9.17, 15) is 9.90 Å². The summed E-state index contributed by atoms with van der Waals surface area (Å²) >= 11 is 0. The summed E-state index contributed by atoms with van der Waals surface area (Å²) in [6, 6.07) is 9.95. The van der Waals surface area contributed by atoms with Gasteiger partial charge in [-0.2, -0.15) is 0 Å². The molecule has 5 heteroatoms. The number of phenolic OH excluding ortho intramolecular Hbond substituents is 1. The largest absolute Gasteiger partial charge is 0.508 e. The summed E-state index contributed by atoms with van der Waals surface area (Å²) in [4.78, 5) is 18.0. The quantitative estimate of drug-likeness (QED) is 0.903. The third kappa shape index (κ3) is 2.30. The lowest BCUT2D eigenvalue weighted by Gasteiger charge is -2.51. The number of phenols is 1. The number of carbonyl (C=O) groups excluding carboxylic acids is 1. The van der Waals surface area contributed by atoms with Gasteiger partial charge in [0.25, 0.3) is 5.91 Å². The Kier molecular flexibility index (Phi) is 3.60. The van der Waals surface area contributed by atoms with E-state index in [2.05, 4.69) is 15.9 Å². The van der Waals surface area contributed by atoms with E-state index in [1.807, 2.05) is 19.1 Å². The van der Waals surface area contributed by atoms with E-state index in [0.717, 1.165) is 18.7 Å². The van der Waals surface area contributed by atoms with Crippen LogP contribution in [0.4, 0.5) is 0 Å². The minimum Gasteiger partial charge on any atom is -0.508 e. The molecule has 4 aliphatic heterocycles. The molecule has 26 heavy (non-hydrogen) atoms. The number of amides is 1. The van der Waals surface area contributed by atoms with Crippen molar-refractivity contribution in [1.29, 1.82) is 0 Å². The van der Waals surface area contributed by atoms with Crippen molar-refractivity contribution in [3.63, 3.8) is 0 Å². The monoisotopic (exact) mass is 352 g/mol. The van der Waals surface area contributed by atoms with Gasteiger partial charge in [0, 0.05) is 18.5 Å². The lowest BCUT2D eigenvalue weighted by molar-refractivity contribution is -0.00346. The Labute approximate surface area is 153 Å². The summed E-state index contributed by atoms with van der Waals surface area (Å²) < 4.78 is 5.38. The molecule has 0 spiro atoms. The highest BCUT2D eigenvalue weighted by molar-refractivity contribution is 5.95. The maximum Gasteiger partial charge on any atom is 0.257 e. The number of piperidine rings is 3. The molecule has 4 aliphatic rings. The third-order valence-corrected chi connectivity index (χ3v) is 6.64. The van der Waals surface area contributed by atoms with Gasteiger partial charge in [0.05, 0.1) is 17.9 Å². The van der Waals surface area contributed by atoms with Crippen LogP contribution in [0.1, 0.15) is 40.4 Å². The van der Waals surface area contributed by atoms with E-state index in [0.29, 0.717) is 35.6 Å². The van der Waals surface area contributed by atoms with Crippen LogP contribution in [0.15, 0.2) is 41.0 Å². The van der Waals surface area contributed by atoms with Crippen LogP contribution in [0, 0.1) is 12.8 Å². The van der Waals surface area contributed by atoms with Crippen LogP contribution in [0.25, 0.3) is 0 Å². The molecule has 3 atom stereocenters. The van der Waals surface area contributed by atoms with Gasteiger partial charge < -0.3 is 14.4 Å². The number of nitrogens with zero attached hydrogens (tertiary/aromatic N) is 2. The third-order valence-electron chi connectivity index (χ3n) is 6.64. The van der Waals surface area contributed by atoms with Crippen molar-refractivity contribution >= 4 is 5.91 Å². The average Bonchev–Trinajstić information content (AvgIpc) is 3.27. The predicted molar refractivity (Wildman–Crippen MR) is 97.2 cm³/mol. The molecule has 5 nitrogen and oxygen atoms in total. The number of aromatic hydroxyl groups is 1. The highest BCUT2D eigenvalue weighted by Crippen LogP contribution is 2.47. The minimum absolute atomic E-state index is 0.0858. The van der Waals surface area contributed by atoms with Gasteiger partial charge in [-0.05, 0) is 62.5 Å². The average molecular weight is 352 g/mol. The summed E-state index contributed by atoms with van der Waals surface area (Å²) in [5.74, 6) is 1.89. The number of furan rings is 1. The molecule has 0 radical (unpaired) electrons. The summed E-state index contributed by atoms with van der Waals surface area (Å²) in [6.45, 7) is 4.79. The molecule has 1 aromatic heterocycles. The molecule has 4 fully saturated rings. The van der Waals surface area contributed by atoms with Gasteiger partial charge in [-0.25, -0.2) is 0 Å². The van der Waals surface area contributed by atoms with E-state index in [-0.39, 0.29) is 17.9 Å². The molecule has 1 amide bonds. The van der Waals surface area contributed by atoms with E-state index >= 15 is 0 Å². The van der Waals surface area contributed by atoms with E-state index in [1.54, 1.807) is 18.4 Å². The second kappa shape index (κ2) is 5.88. The minimum atomic E-state index is 0.0858. The van der Waals surface area contributed by atoms with Crippen LogP contribution < -0.4 is 0 Å². The fourth-order valence-electron chi connectivity index (χ4n) is 5.46. The van der Waals surface area contributed by atoms with Crippen molar-refractivity contribution in [1.82, 2.24) is 9.80 Å². The lowest BCUT2D eigenvalue weighted by atomic mass is 9.75. The van der Waals surface area contributed by atoms with Crippen molar-refractivity contribution in [2.75, 3.05) is 19.6 Å². The topological polar surface area (TPSA) is 56.9 Å². The highest BCUT2D eigenvalue weighted by atomic mass is 16.3. The van der Waals surface area contributed by atoms with Crippen molar-refractivity contribution in [2.45, 2.75) is 37.8 Å². The first-order valence-electron chi connectivity index (χ1n) is 9.51. The molecular formula is C21H24N2O3. The molecule has 136 valence electrons. The first-order chi connectivity index (χ1) is 12.6. The van der Waals surface area contributed by atoms with Gasteiger partial charge in [-0.3, -0.25) is 9.69 Å². The molecule has 0 aliphatic carbocycles. The van der Waals surface area contributed by atoms with Gasteiger partial charge in [0.15, 0.2) is 0 Å². The summed E-state index contributed by atoms with van der Waals surface area (Å²) in [5, 5.41) is 9.96. The van der Waals surface area contributed by atoms with Crippen molar-refractivity contribution < 1.29 is 14.3 Å². The highest BCUT2D eigenvalue weighted by Gasteiger charge is 2.54. The normalized spacial score (nSPS) is 32.7. The van der Waals surface area contributed by atoms with Gasteiger partial charge in [-0.15, -0.1) is 0 Å².